The first-order valence-electron chi connectivity index (χ1n) is 5.57. The van der Waals surface area contributed by atoms with E-state index in [1.165, 1.54) is 0 Å². The van der Waals surface area contributed by atoms with Gasteiger partial charge in [-0.15, -0.1) is 0 Å². The molecule has 3 nitrogen and oxygen atoms in total. The maximum atomic E-state index is 6.20. The van der Waals surface area contributed by atoms with Crippen LogP contribution < -0.4 is 5.73 Å². The van der Waals surface area contributed by atoms with Crippen molar-refractivity contribution in [3.8, 4) is 0 Å². The maximum Gasteiger partial charge on any atom is 0.0641 e. The minimum absolute atomic E-state index is 0.0661. The normalized spacial score (nSPS) is 12.7. The van der Waals surface area contributed by atoms with Crippen LogP contribution in [-0.2, 0) is 13.5 Å². The predicted octanol–water partition coefficient (Wildman–Crippen LogP) is 2.62. The molecule has 2 rings (SSSR count). The molecule has 1 aromatic carbocycles. The molecule has 0 bridgehead atoms. The number of benzene rings is 1. The number of halogens is 1. The van der Waals surface area contributed by atoms with Crippen molar-refractivity contribution >= 4 is 11.6 Å². The van der Waals surface area contributed by atoms with E-state index < -0.39 is 0 Å². The van der Waals surface area contributed by atoms with Gasteiger partial charge in [0.2, 0.25) is 0 Å². The first-order valence-corrected chi connectivity index (χ1v) is 5.95. The molecule has 0 radical (unpaired) electrons. The number of aryl methyl sites for hydroxylation is 2. The van der Waals surface area contributed by atoms with Gasteiger partial charge in [-0.3, -0.25) is 4.68 Å². The molecule has 0 saturated heterocycles. The zero-order chi connectivity index (χ0) is 12.4. The van der Waals surface area contributed by atoms with E-state index in [2.05, 4.69) is 5.10 Å². The maximum absolute atomic E-state index is 6.20. The molecule has 2 N–H and O–H groups in total. The van der Waals surface area contributed by atoms with Crippen LogP contribution in [0, 0.1) is 6.92 Å². The second kappa shape index (κ2) is 4.90. The van der Waals surface area contributed by atoms with Crippen molar-refractivity contribution in [2.45, 2.75) is 19.4 Å². The number of hydrogen-bond acceptors (Lipinski definition) is 2. The summed E-state index contributed by atoms with van der Waals surface area (Å²) in [7, 11) is 1.90. The lowest BCUT2D eigenvalue weighted by atomic mass is 10.0. The summed E-state index contributed by atoms with van der Waals surface area (Å²) in [4.78, 5) is 0. The fourth-order valence-electron chi connectivity index (χ4n) is 1.99. The summed E-state index contributed by atoms with van der Waals surface area (Å²) >= 11 is 6.12. The van der Waals surface area contributed by atoms with Crippen LogP contribution in [0.3, 0.4) is 0 Å². The molecular formula is C13H16ClN3. The highest BCUT2D eigenvalue weighted by atomic mass is 35.5. The third kappa shape index (κ3) is 2.68. The van der Waals surface area contributed by atoms with Gasteiger partial charge in [0.15, 0.2) is 0 Å². The highest BCUT2D eigenvalue weighted by molar-refractivity contribution is 6.31. The Morgan fingerprint density at radius 1 is 1.41 bits per heavy atom. The minimum Gasteiger partial charge on any atom is -0.324 e. The number of nitrogens with zero attached hydrogens (tertiary/aromatic N) is 2. The Hall–Kier alpha value is -1.32. The van der Waals surface area contributed by atoms with Gasteiger partial charge in [0, 0.05) is 29.9 Å². The van der Waals surface area contributed by atoms with Gasteiger partial charge in [0.05, 0.1) is 5.69 Å². The summed E-state index contributed by atoms with van der Waals surface area (Å²) < 4.78 is 1.79. The summed E-state index contributed by atoms with van der Waals surface area (Å²) in [6.45, 7) is 1.97. The Morgan fingerprint density at radius 2 is 2.12 bits per heavy atom. The number of rotatable bonds is 3. The van der Waals surface area contributed by atoms with E-state index in [0.29, 0.717) is 0 Å². The van der Waals surface area contributed by atoms with Crippen molar-refractivity contribution in [1.82, 2.24) is 9.78 Å². The fourth-order valence-corrected chi connectivity index (χ4v) is 2.21. The first kappa shape index (κ1) is 12.1. The molecule has 2 aromatic rings. The summed E-state index contributed by atoms with van der Waals surface area (Å²) in [6, 6.07) is 7.73. The molecule has 1 heterocycles. The van der Waals surface area contributed by atoms with Crippen LogP contribution in [0.1, 0.15) is 22.9 Å². The molecular weight excluding hydrogens is 234 g/mol. The third-order valence-corrected chi connectivity index (χ3v) is 3.22. The van der Waals surface area contributed by atoms with E-state index in [9.17, 15) is 0 Å². The van der Waals surface area contributed by atoms with Crippen LogP contribution in [0.2, 0.25) is 5.02 Å². The predicted molar refractivity (Wildman–Crippen MR) is 70.0 cm³/mol. The van der Waals surface area contributed by atoms with Gasteiger partial charge >= 0.3 is 0 Å². The molecule has 90 valence electrons. The molecule has 0 aliphatic carbocycles. The quantitative estimate of drug-likeness (QED) is 0.909. The van der Waals surface area contributed by atoms with Crippen LogP contribution in [-0.4, -0.2) is 9.78 Å². The number of hydrogen-bond donors (Lipinski definition) is 1. The second-order valence-corrected chi connectivity index (χ2v) is 4.65. The van der Waals surface area contributed by atoms with E-state index in [-0.39, 0.29) is 6.04 Å². The van der Waals surface area contributed by atoms with Crippen molar-refractivity contribution in [1.29, 1.82) is 0 Å². The minimum atomic E-state index is -0.0661. The van der Waals surface area contributed by atoms with Crippen LogP contribution in [0.5, 0.6) is 0 Å². The summed E-state index contributed by atoms with van der Waals surface area (Å²) in [5.74, 6) is 0. The molecule has 1 aromatic heterocycles. The fraction of sp³-hybridized carbons (Fsp3) is 0.308. The van der Waals surface area contributed by atoms with Crippen molar-refractivity contribution in [2.24, 2.45) is 12.8 Å². The lowest BCUT2D eigenvalue weighted by Gasteiger charge is -2.11. The van der Waals surface area contributed by atoms with Gasteiger partial charge in [-0.1, -0.05) is 29.8 Å². The third-order valence-electron chi connectivity index (χ3n) is 2.85. The van der Waals surface area contributed by atoms with Gasteiger partial charge in [0.1, 0.15) is 0 Å². The van der Waals surface area contributed by atoms with Gasteiger partial charge in [-0.25, -0.2) is 0 Å². The molecule has 17 heavy (non-hydrogen) atoms. The van der Waals surface area contributed by atoms with Crippen molar-refractivity contribution < 1.29 is 0 Å². The van der Waals surface area contributed by atoms with E-state index in [1.807, 2.05) is 44.4 Å². The van der Waals surface area contributed by atoms with Crippen LogP contribution in [0.4, 0.5) is 0 Å². The van der Waals surface area contributed by atoms with E-state index in [0.717, 1.165) is 28.3 Å². The first-order chi connectivity index (χ1) is 8.08. The Kier molecular flexibility index (Phi) is 3.50. The molecule has 0 aliphatic heterocycles. The van der Waals surface area contributed by atoms with E-state index >= 15 is 0 Å². The molecule has 0 aliphatic rings. The average molecular weight is 250 g/mol. The molecule has 0 saturated carbocycles. The van der Waals surface area contributed by atoms with Crippen LogP contribution >= 0.6 is 11.6 Å². The van der Waals surface area contributed by atoms with Crippen LogP contribution in [0.25, 0.3) is 0 Å². The zero-order valence-electron chi connectivity index (χ0n) is 10.0. The summed E-state index contributed by atoms with van der Waals surface area (Å²) in [6.07, 6.45) is 2.70. The highest BCUT2D eigenvalue weighted by Crippen LogP contribution is 2.23. The Bertz CT molecular complexity index is 519. The summed E-state index contributed by atoms with van der Waals surface area (Å²) in [5, 5.41) is 5.07. The average Bonchev–Trinajstić information content (AvgIpc) is 2.61. The Morgan fingerprint density at radius 3 is 2.71 bits per heavy atom. The molecule has 0 amide bonds. The van der Waals surface area contributed by atoms with E-state index in [4.69, 9.17) is 17.3 Å². The molecule has 1 atom stereocenters. The van der Waals surface area contributed by atoms with Crippen molar-refractivity contribution in [3.63, 3.8) is 0 Å². The zero-order valence-corrected chi connectivity index (χ0v) is 10.8. The molecule has 0 fully saturated rings. The van der Waals surface area contributed by atoms with Crippen molar-refractivity contribution in [3.05, 3.63) is 52.3 Å². The molecule has 4 heteroatoms. The van der Waals surface area contributed by atoms with Gasteiger partial charge in [0.25, 0.3) is 0 Å². The van der Waals surface area contributed by atoms with Gasteiger partial charge in [-0.05, 0) is 25.0 Å². The van der Waals surface area contributed by atoms with Crippen molar-refractivity contribution in [2.75, 3.05) is 0 Å². The largest absolute Gasteiger partial charge is 0.324 e. The monoisotopic (exact) mass is 249 g/mol. The lowest BCUT2D eigenvalue weighted by Crippen LogP contribution is -2.14. The number of nitrogens with two attached hydrogens (primary N) is 1. The number of aromatic nitrogens is 2. The Balaban J connectivity index is 2.20. The van der Waals surface area contributed by atoms with Gasteiger partial charge < -0.3 is 5.73 Å². The van der Waals surface area contributed by atoms with E-state index in [1.54, 1.807) is 4.68 Å². The molecule has 1 unspecified atom stereocenters. The smallest absolute Gasteiger partial charge is 0.0641 e. The standard InChI is InChI=1S/C13H16ClN3/c1-9-11(8-17(2)16-9)13(15)7-10-5-3-4-6-12(10)14/h3-6,8,13H,7,15H2,1-2H3. The van der Waals surface area contributed by atoms with Gasteiger partial charge in [-0.2, -0.15) is 5.10 Å². The second-order valence-electron chi connectivity index (χ2n) is 4.25. The van der Waals surface area contributed by atoms with Crippen LogP contribution in [0.15, 0.2) is 30.5 Å². The Labute approximate surface area is 106 Å². The topological polar surface area (TPSA) is 43.8 Å². The molecule has 0 spiro atoms. The summed E-state index contributed by atoms with van der Waals surface area (Å²) in [5.41, 5.74) is 9.33. The highest BCUT2D eigenvalue weighted by Gasteiger charge is 2.13. The lowest BCUT2D eigenvalue weighted by molar-refractivity contribution is 0.715. The SMILES string of the molecule is Cc1nn(C)cc1C(N)Cc1ccccc1Cl.